The van der Waals surface area contributed by atoms with Gasteiger partial charge in [0.15, 0.2) is 0 Å². The zero-order chi connectivity index (χ0) is 5.66. The maximum atomic E-state index is 2.27. The fraction of sp³-hybridized carbons (Fsp3) is 0.500. The molecule has 0 bridgehead atoms. The zero-order valence-corrected chi connectivity index (χ0v) is 7.61. The van der Waals surface area contributed by atoms with E-state index in [1.807, 2.05) is 0 Å². The van der Waals surface area contributed by atoms with E-state index in [-0.39, 0.29) is 22.4 Å². The molecule has 1 radical (unpaired) electrons. The number of hydrogen-bond donors (Lipinski definition) is 0. The molecule has 0 aromatic carbocycles. The molecule has 0 saturated heterocycles. The van der Waals surface area contributed by atoms with Gasteiger partial charge in [-0.05, 0) is 25.7 Å². The topological polar surface area (TPSA) is 0 Å². The molecule has 0 aromatic heterocycles. The molecule has 0 saturated carbocycles. The molecule has 1 aliphatic carbocycles. The van der Waals surface area contributed by atoms with E-state index in [4.69, 9.17) is 0 Å². The monoisotopic (exact) mass is 305 g/mol. The molecule has 0 atom stereocenters. The summed E-state index contributed by atoms with van der Waals surface area (Å²) in [5.74, 6) is 0. The minimum Gasteiger partial charge on any atom is -0.0882 e. The second-order valence-electron chi connectivity index (χ2n) is 2.10. The summed E-state index contributed by atoms with van der Waals surface area (Å²) < 4.78 is 0. The van der Waals surface area contributed by atoms with E-state index in [0.29, 0.717) is 0 Å². The van der Waals surface area contributed by atoms with Gasteiger partial charge >= 0.3 is 0 Å². The van der Waals surface area contributed by atoms with Crippen LogP contribution in [0.2, 0.25) is 0 Å². The Balaban J connectivity index is 0.000000640. The van der Waals surface area contributed by atoms with Crippen molar-refractivity contribution in [3.63, 3.8) is 0 Å². The van der Waals surface area contributed by atoms with E-state index in [2.05, 4.69) is 24.3 Å². The van der Waals surface area contributed by atoms with E-state index in [0.717, 1.165) is 0 Å². The van der Waals surface area contributed by atoms with E-state index in [1.54, 1.807) is 0 Å². The SMILES string of the molecule is C1=C\CC/C=C\CC/1.[Au]. The summed E-state index contributed by atoms with van der Waals surface area (Å²) in [6.07, 6.45) is 14.0. The Hall–Kier alpha value is 0.220. The van der Waals surface area contributed by atoms with E-state index < -0.39 is 0 Å². The van der Waals surface area contributed by atoms with Crippen LogP contribution in [0.15, 0.2) is 24.3 Å². The van der Waals surface area contributed by atoms with Crippen molar-refractivity contribution >= 4 is 0 Å². The smallest absolute Gasteiger partial charge is 0 e. The third-order valence-electron chi connectivity index (χ3n) is 1.33. The Labute approximate surface area is 72.5 Å². The number of rotatable bonds is 0. The van der Waals surface area contributed by atoms with Crippen LogP contribution in [0.25, 0.3) is 0 Å². The summed E-state index contributed by atoms with van der Waals surface area (Å²) in [6.45, 7) is 0. The van der Waals surface area contributed by atoms with Crippen molar-refractivity contribution in [2.24, 2.45) is 0 Å². The number of hydrogen-bond acceptors (Lipinski definition) is 0. The van der Waals surface area contributed by atoms with Gasteiger partial charge < -0.3 is 0 Å². The quantitative estimate of drug-likeness (QED) is 0.477. The van der Waals surface area contributed by atoms with Crippen molar-refractivity contribution in [2.45, 2.75) is 25.7 Å². The summed E-state index contributed by atoms with van der Waals surface area (Å²) in [6, 6.07) is 0. The van der Waals surface area contributed by atoms with Crippen molar-refractivity contribution in [3.05, 3.63) is 24.3 Å². The average Bonchev–Trinajstić information content (AvgIpc) is 1.62. The van der Waals surface area contributed by atoms with Crippen LogP contribution >= 0.6 is 0 Å². The van der Waals surface area contributed by atoms with Crippen LogP contribution in [0, 0.1) is 0 Å². The van der Waals surface area contributed by atoms with Gasteiger partial charge in [-0.3, -0.25) is 0 Å². The molecule has 0 nitrogen and oxygen atoms in total. The first-order valence-corrected chi connectivity index (χ1v) is 3.30. The predicted octanol–water partition coefficient (Wildman–Crippen LogP) is 2.67. The number of allylic oxidation sites excluding steroid dienone is 4. The van der Waals surface area contributed by atoms with E-state index >= 15 is 0 Å². The fourth-order valence-electron chi connectivity index (χ4n) is 0.856. The summed E-state index contributed by atoms with van der Waals surface area (Å²) in [5.41, 5.74) is 0. The van der Waals surface area contributed by atoms with Crippen molar-refractivity contribution in [2.75, 3.05) is 0 Å². The summed E-state index contributed by atoms with van der Waals surface area (Å²) in [5, 5.41) is 0. The van der Waals surface area contributed by atoms with Gasteiger partial charge in [0.05, 0.1) is 0 Å². The maximum Gasteiger partial charge on any atom is 0 e. The standard InChI is InChI=1S/C8H12.Au/c1-2-4-6-8-7-5-3-1;/h1-2,7-8H,3-6H2;/b2-1-,8-7-;. The molecular weight excluding hydrogens is 293 g/mol. The van der Waals surface area contributed by atoms with Gasteiger partial charge in [-0.15, -0.1) is 0 Å². The molecule has 0 heterocycles. The third-order valence-corrected chi connectivity index (χ3v) is 1.33. The molecule has 0 unspecified atom stereocenters. The molecule has 9 heavy (non-hydrogen) atoms. The van der Waals surface area contributed by atoms with Crippen LogP contribution in [0.3, 0.4) is 0 Å². The summed E-state index contributed by atoms with van der Waals surface area (Å²) in [4.78, 5) is 0. The molecule has 1 heteroatoms. The van der Waals surface area contributed by atoms with Crippen LogP contribution in [0.5, 0.6) is 0 Å². The Kier molecular flexibility index (Phi) is 6.50. The molecule has 0 fully saturated rings. The van der Waals surface area contributed by atoms with E-state index in [9.17, 15) is 0 Å². The molecule has 55 valence electrons. The Morgan fingerprint density at radius 1 is 0.556 bits per heavy atom. The first-order chi connectivity index (χ1) is 4.00. The predicted molar refractivity (Wildman–Crippen MR) is 36.7 cm³/mol. The molecular formula is C8H12Au. The molecule has 0 amide bonds. The van der Waals surface area contributed by atoms with Crippen LogP contribution < -0.4 is 0 Å². The largest absolute Gasteiger partial charge is 0.0882 e. The maximum absolute atomic E-state index is 2.27. The van der Waals surface area contributed by atoms with Crippen molar-refractivity contribution in [3.8, 4) is 0 Å². The zero-order valence-electron chi connectivity index (χ0n) is 5.44. The second-order valence-corrected chi connectivity index (χ2v) is 2.10. The van der Waals surface area contributed by atoms with Crippen LogP contribution in [-0.2, 0) is 22.4 Å². The van der Waals surface area contributed by atoms with Gasteiger partial charge in [-0.25, -0.2) is 0 Å². The molecule has 0 N–H and O–H groups in total. The molecule has 1 rings (SSSR count). The Bertz CT molecular complexity index is 77.1. The average molecular weight is 305 g/mol. The first-order valence-electron chi connectivity index (χ1n) is 3.30. The van der Waals surface area contributed by atoms with Gasteiger partial charge in [-0.1, -0.05) is 24.3 Å². The van der Waals surface area contributed by atoms with Gasteiger partial charge in [0, 0.05) is 22.4 Å². The minimum absolute atomic E-state index is 0. The first kappa shape index (κ1) is 9.22. The van der Waals surface area contributed by atoms with Gasteiger partial charge in [0.1, 0.15) is 0 Å². The third kappa shape index (κ3) is 4.71. The van der Waals surface area contributed by atoms with Gasteiger partial charge in [0.2, 0.25) is 0 Å². The molecule has 0 aromatic rings. The van der Waals surface area contributed by atoms with Gasteiger partial charge in [0.25, 0.3) is 0 Å². The Morgan fingerprint density at radius 2 is 0.778 bits per heavy atom. The van der Waals surface area contributed by atoms with Gasteiger partial charge in [-0.2, -0.15) is 0 Å². The molecule has 1 aliphatic rings. The van der Waals surface area contributed by atoms with Crippen LogP contribution in [0.4, 0.5) is 0 Å². The summed E-state index contributed by atoms with van der Waals surface area (Å²) >= 11 is 0. The minimum atomic E-state index is 0. The normalized spacial score (nSPS) is 24.9. The second kappa shape index (κ2) is 6.34. The van der Waals surface area contributed by atoms with Crippen molar-refractivity contribution in [1.82, 2.24) is 0 Å². The fourth-order valence-corrected chi connectivity index (χ4v) is 0.856. The Morgan fingerprint density at radius 3 is 1.00 bits per heavy atom. The van der Waals surface area contributed by atoms with Crippen LogP contribution in [0.1, 0.15) is 25.7 Å². The molecule has 0 aliphatic heterocycles. The molecule has 0 spiro atoms. The summed E-state index contributed by atoms with van der Waals surface area (Å²) in [7, 11) is 0. The van der Waals surface area contributed by atoms with Crippen LogP contribution in [-0.4, -0.2) is 0 Å². The van der Waals surface area contributed by atoms with Crippen molar-refractivity contribution in [1.29, 1.82) is 0 Å². The van der Waals surface area contributed by atoms with E-state index in [1.165, 1.54) is 25.7 Å². The van der Waals surface area contributed by atoms with Crippen molar-refractivity contribution < 1.29 is 22.4 Å².